The van der Waals surface area contributed by atoms with Crippen LogP contribution in [0.25, 0.3) is 0 Å². The van der Waals surface area contributed by atoms with Gasteiger partial charge in [-0.2, -0.15) is 0 Å². The summed E-state index contributed by atoms with van der Waals surface area (Å²) in [6.45, 7) is 2.01. The summed E-state index contributed by atoms with van der Waals surface area (Å²) in [6.07, 6.45) is 2.79. The number of carboxylic acids is 1. The number of aromatic nitrogens is 1. The molecule has 0 unspecified atom stereocenters. The van der Waals surface area contributed by atoms with E-state index in [2.05, 4.69) is 15.0 Å². The van der Waals surface area contributed by atoms with Gasteiger partial charge < -0.3 is 15.7 Å². The van der Waals surface area contributed by atoms with E-state index in [9.17, 15) is 9.59 Å². The van der Waals surface area contributed by atoms with Gasteiger partial charge >= 0.3 is 11.9 Å². The van der Waals surface area contributed by atoms with Crippen molar-refractivity contribution in [1.82, 2.24) is 4.98 Å². The van der Waals surface area contributed by atoms with Crippen LogP contribution in [0, 0.1) is 0 Å². The van der Waals surface area contributed by atoms with E-state index in [4.69, 9.17) is 10.8 Å². The first-order valence-electron chi connectivity index (χ1n) is 5.77. The second-order valence-corrected chi connectivity index (χ2v) is 4.63. The van der Waals surface area contributed by atoms with Crippen LogP contribution in [0.2, 0.25) is 0 Å². The number of carboxylic acid groups (broad SMARTS) is 1. The van der Waals surface area contributed by atoms with Crippen molar-refractivity contribution in [1.29, 1.82) is 0 Å². The van der Waals surface area contributed by atoms with E-state index in [1.165, 1.54) is 5.38 Å². The fraction of sp³-hybridized carbons (Fsp3) is 0.455. The molecule has 0 aliphatic carbocycles. The number of thiazole rings is 1. The second-order valence-electron chi connectivity index (χ2n) is 3.74. The van der Waals surface area contributed by atoms with Crippen molar-refractivity contribution in [2.75, 3.05) is 5.73 Å². The third-order valence-corrected chi connectivity index (χ3v) is 2.86. The van der Waals surface area contributed by atoms with Gasteiger partial charge in [0.2, 0.25) is 5.71 Å². The number of aliphatic carboxylic acids is 1. The number of nitrogen functional groups attached to an aromatic ring is 1. The van der Waals surface area contributed by atoms with Crippen LogP contribution in [0.5, 0.6) is 0 Å². The van der Waals surface area contributed by atoms with Gasteiger partial charge in [-0.25, -0.2) is 14.6 Å². The number of rotatable bonds is 7. The smallest absolute Gasteiger partial charge is 0.360 e. The minimum absolute atomic E-state index is 0.0800. The molecule has 104 valence electrons. The van der Waals surface area contributed by atoms with Crippen LogP contribution >= 0.6 is 11.3 Å². The van der Waals surface area contributed by atoms with Gasteiger partial charge in [0, 0.05) is 11.8 Å². The van der Waals surface area contributed by atoms with E-state index in [-0.39, 0.29) is 17.2 Å². The molecule has 7 nitrogen and oxygen atoms in total. The molecule has 0 aliphatic heterocycles. The lowest BCUT2D eigenvalue weighted by molar-refractivity contribution is -0.143. The Bertz CT molecular complexity index is 484. The summed E-state index contributed by atoms with van der Waals surface area (Å²) in [5.41, 5.74) is 5.05. The molecule has 8 heteroatoms. The Morgan fingerprint density at radius 2 is 2.26 bits per heavy atom. The Kier molecular flexibility index (Phi) is 5.94. The lowest BCUT2D eigenvalue weighted by Gasteiger charge is -1.99. The average molecular weight is 285 g/mol. The third-order valence-electron chi connectivity index (χ3n) is 2.19. The number of carbonyl (C=O) groups is 2. The maximum Gasteiger partial charge on any atom is 0.360 e. The summed E-state index contributed by atoms with van der Waals surface area (Å²) >= 11 is 1.08. The number of carbonyl (C=O) groups excluding carboxylic acids is 1. The van der Waals surface area contributed by atoms with Crippen molar-refractivity contribution in [2.24, 2.45) is 5.16 Å². The zero-order valence-corrected chi connectivity index (χ0v) is 11.3. The minimum Gasteiger partial charge on any atom is -0.476 e. The molecule has 1 rings (SSSR count). The molecule has 0 fully saturated rings. The van der Waals surface area contributed by atoms with E-state index >= 15 is 0 Å². The van der Waals surface area contributed by atoms with Crippen LogP contribution in [0.15, 0.2) is 10.5 Å². The third kappa shape index (κ3) is 5.04. The molecule has 0 aliphatic rings. The highest BCUT2D eigenvalue weighted by Crippen LogP contribution is 2.12. The Morgan fingerprint density at radius 3 is 2.79 bits per heavy atom. The zero-order valence-electron chi connectivity index (χ0n) is 10.5. The fourth-order valence-electron chi connectivity index (χ4n) is 1.25. The van der Waals surface area contributed by atoms with Crippen molar-refractivity contribution >= 4 is 34.1 Å². The number of unbranched alkanes of at least 4 members (excludes halogenated alkanes) is 2. The molecule has 0 atom stereocenters. The van der Waals surface area contributed by atoms with E-state index in [0.29, 0.717) is 6.42 Å². The van der Waals surface area contributed by atoms with Crippen molar-refractivity contribution in [3.8, 4) is 0 Å². The lowest BCUT2D eigenvalue weighted by atomic mass is 10.2. The second kappa shape index (κ2) is 7.47. The van der Waals surface area contributed by atoms with E-state index in [0.717, 1.165) is 24.2 Å². The molecular weight excluding hydrogens is 270 g/mol. The molecule has 19 heavy (non-hydrogen) atoms. The monoisotopic (exact) mass is 285 g/mol. The quantitative estimate of drug-likeness (QED) is 0.340. The van der Waals surface area contributed by atoms with Crippen LogP contribution in [0.1, 0.15) is 38.3 Å². The van der Waals surface area contributed by atoms with E-state index in [1.54, 1.807) is 0 Å². The highest BCUT2D eigenvalue weighted by Gasteiger charge is 2.17. The molecule has 0 amide bonds. The SMILES string of the molecule is CCCCCC(=O)ON=C(C(=O)O)c1csc(N)n1. The van der Waals surface area contributed by atoms with E-state index < -0.39 is 17.7 Å². The summed E-state index contributed by atoms with van der Waals surface area (Å²) < 4.78 is 0. The lowest BCUT2D eigenvalue weighted by Crippen LogP contribution is -2.16. The molecule has 0 saturated carbocycles. The highest BCUT2D eigenvalue weighted by atomic mass is 32.1. The molecule has 3 N–H and O–H groups in total. The zero-order chi connectivity index (χ0) is 14.3. The average Bonchev–Trinajstić information content (AvgIpc) is 2.76. The number of nitrogens with zero attached hydrogens (tertiary/aromatic N) is 2. The number of anilines is 1. The van der Waals surface area contributed by atoms with Gasteiger partial charge in [0.15, 0.2) is 5.13 Å². The van der Waals surface area contributed by atoms with Gasteiger partial charge in [0.05, 0.1) is 0 Å². The maximum atomic E-state index is 11.3. The summed E-state index contributed by atoms with van der Waals surface area (Å²) in [5, 5.41) is 14.0. The van der Waals surface area contributed by atoms with Crippen LogP contribution < -0.4 is 5.73 Å². The summed E-state index contributed by atoms with van der Waals surface area (Å²) in [7, 11) is 0. The first-order valence-corrected chi connectivity index (χ1v) is 6.65. The molecule has 0 bridgehead atoms. The maximum absolute atomic E-state index is 11.3. The predicted octanol–water partition coefficient (Wildman–Crippen LogP) is 1.64. The standard InChI is InChI=1S/C11H15N3O4S/c1-2-3-4-5-8(15)18-14-9(10(16)17)7-6-19-11(12)13-7/h6H,2-5H2,1H3,(H2,12,13)(H,16,17). The largest absolute Gasteiger partial charge is 0.476 e. The van der Waals surface area contributed by atoms with Crippen LogP contribution in [-0.2, 0) is 14.4 Å². The molecule has 0 radical (unpaired) electrons. The number of hydrogen-bond acceptors (Lipinski definition) is 7. The summed E-state index contributed by atoms with van der Waals surface area (Å²) in [6, 6.07) is 0. The van der Waals surface area contributed by atoms with Crippen molar-refractivity contribution in [3.05, 3.63) is 11.1 Å². The number of nitrogens with two attached hydrogens (primary N) is 1. The highest BCUT2D eigenvalue weighted by molar-refractivity contribution is 7.13. The minimum atomic E-state index is -1.33. The normalized spacial score (nSPS) is 11.3. The first-order chi connectivity index (χ1) is 9.04. The molecule has 0 spiro atoms. The van der Waals surface area contributed by atoms with Gasteiger partial charge in [-0.3, -0.25) is 0 Å². The summed E-state index contributed by atoms with van der Waals surface area (Å²) in [5.74, 6) is -1.89. The van der Waals surface area contributed by atoms with Crippen LogP contribution in [0.4, 0.5) is 5.13 Å². The Hall–Kier alpha value is -1.96. The molecule has 1 aromatic rings. The van der Waals surface area contributed by atoms with Crippen molar-refractivity contribution in [3.63, 3.8) is 0 Å². The Balaban J connectivity index is 2.65. The van der Waals surface area contributed by atoms with Gasteiger partial charge in [-0.1, -0.05) is 24.9 Å². The Labute approximate surface area is 114 Å². The van der Waals surface area contributed by atoms with Gasteiger partial charge in [-0.05, 0) is 6.42 Å². The molecule has 0 saturated heterocycles. The number of oxime groups is 1. The fourth-order valence-corrected chi connectivity index (χ4v) is 1.80. The summed E-state index contributed by atoms with van der Waals surface area (Å²) in [4.78, 5) is 30.6. The topological polar surface area (TPSA) is 115 Å². The molecular formula is C11H15N3O4S. The van der Waals surface area contributed by atoms with Gasteiger partial charge in [0.1, 0.15) is 5.69 Å². The van der Waals surface area contributed by atoms with E-state index in [1.807, 2.05) is 6.92 Å². The van der Waals surface area contributed by atoms with Crippen LogP contribution in [-0.4, -0.2) is 27.7 Å². The van der Waals surface area contributed by atoms with Gasteiger partial charge in [0.25, 0.3) is 0 Å². The first kappa shape index (κ1) is 15.1. The predicted molar refractivity (Wildman–Crippen MR) is 70.9 cm³/mol. The van der Waals surface area contributed by atoms with Crippen molar-refractivity contribution < 1.29 is 19.5 Å². The van der Waals surface area contributed by atoms with Gasteiger partial charge in [-0.15, -0.1) is 11.3 Å². The molecule has 1 heterocycles. The molecule has 1 aromatic heterocycles. The Morgan fingerprint density at radius 1 is 1.53 bits per heavy atom. The van der Waals surface area contributed by atoms with Crippen LogP contribution in [0.3, 0.4) is 0 Å². The van der Waals surface area contributed by atoms with Crippen molar-refractivity contribution in [2.45, 2.75) is 32.6 Å². The molecule has 0 aromatic carbocycles. The number of hydrogen-bond donors (Lipinski definition) is 2.